The molecule has 8 heteroatoms. The van der Waals surface area contributed by atoms with Gasteiger partial charge in [0.15, 0.2) is 0 Å². The topological polar surface area (TPSA) is 114 Å². The van der Waals surface area contributed by atoms with Gasteiger partial charge in [-0.05, 0) is 18.2 Å². The summed E-state index contributed by atoms with van der Waals surface area (Å²) in [6.45, 7) is 0. The Bertz CT molecular complexity index is 1030. The molecule has 1 heterocycles. The molecule has 3 aromatic rings. The molecule has 142 valence electrons. The molecule has 8 nitrogen and oxygen atoms in total. The number of rotatable bonds is 7. The van der Waals surface area contributed by atoms with Crippen LogP contribution in [-0.2, 0) is 11.2 Å². The minimum atomic E-state index is -0.945. The lowest BCUT2D eigenvalue weighted by atomic mass is 10.1. The Hall–Kier alpha value is -3.94. The van der Waals surface area contributed by atoms with E-state index in [0.29, 0.717) is 11.4 Å². The van der Waals surface area contributed by atoms with Crippen LogP contribution in [0.3, 0.4) is 0 Å². The van der Waals surface area contributed by atoms with Gasteiger partial charge in [-0.15, -0.1) is 0 Å². The number of nitrogens with one attached hydrogen (secondary N) is 1. The van der Waals surface area contributed by atoms with Gasteiger partial charge in [0.05, 0.1) is 17.0 Å². The SMILES string of the molecule is O=C(O)CCc1ccc(-c2ccccc2)n1NC(=O)c1cccc([N+](=O)[O-])c1. The lowest BCUT2D eigenvalue weighted by molar-refractivity contribution is -0.384. The van der Waals surface area contributed by atoms with Crippen molar-refractivity contribution in [2.75, 3.05) is 5.43 Å². The van der Waals surface area contributed by atoms with E-state index in [1.54, 1.807) is 12.1 Å². The maximum Gasteiger partial charge on any atom is 0.303 e. The summed E-state index contributed by atoms with van der Waals surface area (Å²) in [7, 11) is 0. The number of benzene rings is 2. The number of carbonyl (C=O) groups excluding carboxylic acids is 1. The minimum absolute atomic E-state index is 0.0923. The van der Waals surface area contributed by atoms with Crippen molar-refractivity contribution in [3.63, 3.8) is 0 Å². The largest absolute Gasteiger partial charge is 0.481 e. The van der Waals surface area contributed by atoms with Gasteiger partial charge in [-0.25, -0.2) is 0 Å². The molecule has 3 rings (SSSR count). The molecule has 2 N–H and O–H groups in total. The van der Waals surface area contributed by atoms with Crippen LogP contribution in [0.5, 0.6) is 0 Å². The van der Waals surface area contributed by atoms with Gasteiger partial charge < -0.3 is 5.11 Å². The van der Waals surface area contributed by atoms with Crippen molar-refractivity contribution in [1.29, 1.82) is 0 Å². The van der Waals surface area contributed by atoms with Crippen molar-refractivity contribution in [2.45, 2.75) is 12.8 Å². The number of aryl methyl sites for hydroxylation is 1. The molecule has 1 aromatic heterocycles. The van der Waals surface area contributed by atoms with Gasteiger partial charge in [-0.3, -0.25) is 29.8 Å². The molecule has 0 bridgehead atoms. The van der Waals surface area contributed by atoms with Gasteiger partial charge in [-0.2, -0.15) is 0 Å². The first-order chi connectivity index (χ1) is 13.5. The van der Waals surface area contributed by atoms with E-state index in [-0.39, 0.29) is 24.1 Å². The van der Waals surface area contributed by atoms with Crippen LogP contribution in [0.25, 0.3) is 11.3 Å². The number of non-ortho nitro benzene ring substituents is 1. The molecule has 0 fully saturated rings. The zero-order valence-corrected chi connectivity index (χ0v) is 14.7. The Balaban J connectivity index is 1.95. The number of hydrogen-bond acceptors (Lipinski definition) is 4. The van der Waals surface area contributed by atoms with Crippen LogP contribution in [0.2, 0.25) is 0 Å². The number of nitrogens with zero attached hydrogens (tertiary/aromatic N) is 2. The fourth-order valence-electron chi connectivity index (χ4n) is 2.80. The quantitative estimate of drug-likeness (QED) is 0.482. The summed E-state index contributed by atoms with van der Waals surface area (Å²) in [4.78, 5) is 34.0. The van der Waals surface area contributed by atoms with E-state index in [1.165, 1.54) is 28.9 Å². The number of amides is 1. The normalized spacial score (nSPS) is 10.4. The fraction of sp³-hybridized carbons (Fsp3) is 0.100. The molecule has 0 aliphatic rings. The molecule has 0 radical (unpaired) electrons. The van der Waals surface area contributed by atoms with Gasteiger partial charge in [0.2, 0.25) is 0 Å². The molecule has 0 saturated carbocycles. The van der Waals surface area contributed by atoms with Gasteiger partial charge in [0.25, 0.3) is 11.6 Å². The maximum atomic E-state index is 12.7. The van der Waals surface area contributed by atoms with E-state index in [0.717, 1.165) is 5.56 Å². The molecule has 2 aromatic carbocycles. The highest BCUT2D eigenvalue weighted by molar-refractivity contribution is 6.00. The molecular formula is C20H17N3O5. The molecule has 0 unspecified atom stereocenters. The highest BCUT2D eigenvalue weighted by Gasteiger charge is 2.16. The predicted molar refractivity (Wildman–Crippen MR) is 103 cm³/mol. The molecule has 0 spiro atoms. The minimum Gasteiger partial charge on any atom is -0.481 e. The van der Waals surface area contributed by atoms with Crippen molar-refractivity contribution < 1.29 is 19.6 Å². The molecule has 28 heavy (non-hydrogen) atoms. The zero-order chi connectivity index (χ0) is 20.1. The van der Waals surface area contributed by atoms with E-state index < -0.39 is 16.8 Å². The first kappa shape index (κ1) is 18.8. The zero-order valence-electron chi connectivity index (χ0n) is 14.7. The summed E-state index contributed by atoms with van der Waals surface area (Å²) >= 11 is 0. The van der Waals surface area contributed by atoms with Crippen molar-refractivity contribution in [3.05, 3.63) is 88.1 Å². The van der Waals surface area contributed by atoms with Crippen LogP contribution in [0.1, 0.15) is 22.5 Å². The highest BCUT2D eigenvalue weighted by Crippen LogP contribution is 2.23. The van der Waals surface area contributed by atoms with Gasteiger partial charge in [-0.1, -0.05) is 36.4 Å². The number of aromatic nitrogens is 1. The second-order valence-electron chi connectivity index (χ2n) is 6.05. The highest BCUT2D eigenvalue weighted by atomic mass is 16.6. The molecule has 0 aliphatic heterocycles. The lowest BCUT2D eigenvalue weighted by Gasteiger charge is -2.15. The Kier molecular flexibility index (Phi) is 5.50. The molecule has 0 aliphatic carbocycles. The summed E-state index contributed by atoms with van der Waals surface area (Å²) in [5.41, 5.74) is 4.80. The van der Waals surface area contributed by atoms with Crippen LogP contribution in [0, 0.1) is 10.1 Å². The number of carbonyl (C=O) groups is 2. The third-order valence-corrected chi connectivity index (χ3v) is 4.16. The third kappa shape index (κ3) is 4.24. The Morgan fingerprint density at radius 1 is 1.04 bits per heavy atom. The Morgan fingerprint density at radius 2 is 1.79 bits per heavy atom. The van der Waals surface area contributed by atoms with Crippen molar-refractivity contribution >= 4 is 17.6 Å². The second-order valence-corrected chi connectivity index (χ2v) is 6.05. The molecule has 1 amide bonds. The Labute approximate surface area is 160 Å². The van der Waals surface area contributed by atoms with Crippen molar-refractivity contribution in [3.8, 4) is 11.3 Å². The number of nitro benzene ring substituents is 1. The van der Waals surface area contributed by atoms with Crippen LogP contribution in [0.15, 0.2) is 66.7 Å². The summed E-state index contributed by atoms with van der Waals surface area (Å²) in [5, 5.41) is 19.9. The summed E-state index contributed by atoms with van der Waals surface area (Å²) in [6.07, 6.45) is 0.127. The number of aliphatic carboxylic acids is 1. The predicted octanol–water partition coefficient (Wildman–Crippen LogP) is 3.46. The van der Waals surface area contributed by atoms with Crippen molar-refractivity contribution in [2.24, 2.45) is 0 Å². The average molecular weight is 379 g/mol. The first-order valence-electron chi connectivity index (χ1n) is 8.49. The maximum absolute atomic E-state index is 12.7. The number of carboxylic acid groups (broad SMARTS) is 1. The standard InChI is InChI=1S/C20H17N3O5/c24-19(25)12-10-16-9-11-18(14-5-2-1-3-6-14)22(16)21-20(26)15-7-4-8-17(13-15)23(27)28/h1-9,11,13H,10,12H2,(H,21,26)(H,24,25). The van der Waals surface area contributed by atoms with E-state index in [2.05, 4.69) is 5.43 Å². The number of carboxylic acids is 1. The van der Waals surface area contributed by atoms with E-state index in [4.69, 9.17) is 5.11 Å². The molecule has 0 atom stereocenters. The Morgan fingerprint density at radius 3 is 2.46 bits per heavy atom. The molecular weight excluding hydrogens is 362 g/mol. The van der Waals surface area contributed by atoms with E-state index in [9.17, 15) is 19.7 Å². The fourth-order valence-corrected chi connectivity index (χ4v) is 2.80. The van der Waals surface area contributed by atoms with E-state index >= 15 is 0 Å². The van der Waals surface area contributed by atoms with Gasteiger partial charge in [0.1, 0.15) is 0 Å². The summed E-state index contributed by atoms with van der Waals surface area (Å²) in [5.74, 6) is -1.48. The van der Waals surface area contributed by atoms with Gasteiger partial charge in [0, 0.05) is 35.4 Å². The first-order valence-corrected chi connectivity index (χ1v) is 8.49. The summed E-state index contributed by atoms with van der Waals surface area (Å²) < 4.78 is 1.53. The smallest absolute Gasteiger partial charge is 0.303 e. The number of hydrogen-bond donors (Lipinski definition) is 2. The monoisotopic (exact) mass is 379 g/mol. The average Bonchev–Trinajstić information content (AvgIpc) is 3.09. The molecule has 0 saturated heterocycles. The van der Waals surface area contributed by atoms with Gasteiger partial charge >= 0.3 is 5.97 Å². The van der Waals surface area contributed by atoms with Crippen molar-refractivity contribution in [1.82, 2.24) is 4.68 Å². The lowest BCUT2D eigenvalue weighted by Crippen LogP contribution is -2.25. The van der Waals surface area contributed by atoms with E-state index in [1.807, 2.05) is 30.3 Å². The van der Waals surface area contributed by atoms with Crippen LogP contribution in [0.4, 0.5) is 5.69 Å². The second kappa shape index (κ2) is 8.17. The third-order valence-electron chi connectivity index (χ3n) is 4.16. The van der Waals surface area contributed by atoms with Crippen LogP contribution >= 0.6 is 0 Å². The summed E-state index contributed by atoms with van der Waals surface area (Å²) in [6, 6.07) is 18.3. The van der Waals surface area contributed by atoms with Crippen LogP contribution in [-0.4, -0.2) is 26.6 Å². The van der Waals surface area contributed by atoms with Crippen LogP contribution < -0.4 is 5.43 Å². The number of nitro groups is 1.